The molecule has 96 valence electrons. The second-order valence-corrected chi connectivity index (χ2v) is 6.12. The van der Waals surface area contributed by atoms with E-state index in [1.54, 1.807) is 0 Å². The standard InChI is InChI=1S/C13H23N3O/c1-10(12(17)15-6-2-3-7-15)16-8-13(14,9-16)11-4-5-11/h10-11H,2-9,14H2,1H3. The second-order valence-electron chi connectivity index (χ2n) is 6.12. The molecule has 2 N–H and O–H groups in total. The van der Waals surface area contributed by atoms with Crippen molar-refractivity contribution in [3.63, 3.8) is 0 Å². The minimum atomic E-state index is 0.0273. The van der Waals surface area contributed by atoms with E-state index in [0.717, 1.165) is 32.1 Å². The van der Waals surface area contributed by atoms with E-state index in [1.165, 1.54) is 25.7 Å². The van der Waals surface area contributed by atoms with Gasteiger partial charge in [0.15, 0.2) is 0 Å². The van der Waals surface area contributed by atoms with Gasteiger partial charge in [-0.1, -0.05) is 0 Å². The molecule has 4 nitrogen and oxygen atoms in total. The normalized spacial score (nSPS) is 30.1. The highest BCUT2D eigenvalue weighted by Gasteiger charge is 2.52. The summed E-state index contributed by atoms with van der Waals surface area (Å²) < 4.78 is 0. The van der Waals surface area contributed by atoms with Crippen molar-refractivity contribution in [3.05, 3.63) is 0 Å². The zero-order valence-electron chi connectivity index (χ0n) is 10.7. The highest BCUT2D eigenvalue weighted by atomic mass is 16.2. The van der Waals surface area contributed by atoms with Crippen molar-refractivity contribution in [1.29, 1.82) is 0 Å². The third-order valence-corrected chi connectivity index (χ3v) is 4.71. The molecule has 1 amide bonds. The van der Waals surface area contributed by atoms with Crippen LogP contribution in [-0.4, -0.2) is 53.5 Å². The van der Waals surface area contributed by atoms with E-state index in [0.29, 0.717) is 5.91 Å². The van der Waals surface area contributed by atoms with Crippen LogP contribution < -0.4 is 5.73 Å². The van der Waals surface area contributed by atoms with Crippen LogP contribution in [-0.2, 0) is 4.79 Å². The van der Waals surface area contributed by atoms with Crippen molar-refractivity contribution in [2.75, 3.05) is 26.2 Å². The molecular formula is C13H23N3O. The number of hydrogen-bond acceptors (Lipinski definition) is 3. The van der Waals surface area contributed by atoms with Gasteiger partial charge in [0.2, 0.25) is 5.91 Å². The van der Waals surface area contributed by atoms with Gasteiger partial charge in [0, 0.05) is 31.7 Å². The van der Waals surface area contributed by atoms with Crippen LogP contribution in [0.2, 0.25) is 0 Å². The molecule has 1 unspecified atom stereocenters. The summed E-state index contributed by atoms with van der Waals surface area (Å²) in [4.78, 5) is 16.5. The van der Waals surface area contributed by atoms with Gasteiger partial charge in [-0.2, -0.15) is 0 Å². The molecule has 4 heteroatoms. The van der Waals surface area contributed by atoms with E-state index in [2.05, 4.69) is 4.90 Å². The van der Waals surface area contributed by atoms with Gasteiger partial charge in [0.05, 0.1) is 6.04 Å². The Hall–Kier alpha value is -0.610. The average Bonchev–Trinajstić information content (AvgIpc) is 2.99. The minimum absolute atomic E-state index is 0.0273. The van der Waals surface area contributed by atoms with Crippen molar-refractivity contribution in [3.8, 4) is 0 Å². The molecule has 0 spiro atoms. The third kappa shape index (κ3) is 1.97. The summed E-state index contributed by atoms with van der Waals surface area (Å²) in [7, 11) is 0. The van der Waals surface area contributed by atoms with Gasteiger partial charge >= 0.3 is 0 Å². The van der Waals surface area contributed by atoms with E-state index < -0.39 is 0 Å². The predicted molar refractivity (Wildman–Crippen MR) is 66.5 cm³/mol. The summed E-state index contributed by atoms with van der Waals surface area (Å²) in [5.41, 5.74) is 6.35. The molecule has 2 aliphatic heterocycles. The lowest BCUT2D eigenvalue weighted by Crippen LogP contribution is -2.71. The van der Waals surface area contributed by atoms with Crippen molar-refractivity contribution in [1.82, 2.24) is 9.80 Å². The molecular weight excluding hydrogens is 214 g/mol. The smallest absolute Gasteiger partial charge is 0.239 e. The quantitative estimate of drug-likeness (QED) is 0.774. The molecule has 17 heavy (non-hydrogen) atoms. The van der Waals surface area contributed by atoms with Gasteiger partial charge in [-0.05, 0) is 38.5 Å². The van der Waals surface area contributed by atoms with E-state index in [1.807, 2.05) is 11.8 Å². The van der Waals surface area contributed by atoms with Crippen molar-refractivity contribution in [2.24, 2.45) is 11.7 Å². The molecule has 0 bridgehead atoms. The van der Waals surface area contributed by atoms with Crippen molar-refractivity contribution >= 4 is 5.91 Å². The lowest BCUT2D eigenvalue weighted by Gasteiger charge is -2.51. The first-order chi connectivity index (χ1) is 8.10. The molecule has 0 aromatic rings. The fourth-order valence-corrected chi connectivity index (χ4v) is 3.26. The maximum absolute atomic E-state index is 12.2. The predicted octanol–water partition coefficient (Wildman–Crippen LogP) is 0.420. The Morgan fingerprint density at radius 1 is 1.29 bits per heavy atom. The van der Waals surface area contributed by atoms with Crippen LogP contribution in [0.15, 0.2) is 0 Å². The monoisotopic (exact) mass is 237 g/mol. The van der Waals surface area contributed by atoms with Gasteiger partial charge in [-0.25, -0.2) is 0 Å². The van der Waals surface area contributed by atoms with Crippen LogP contribution >= 0.6 is 0 Å². The summed E-state index contributed by atoms with van der Waals surface area (Å²) in [6.07, 6.45) is 4.92. The van der Waals surface area contributed by atoms with Gasteiger partial charge in [-0.15, -0.1) is 0 Å². The summed E-state index contributed by atoms with van der Waals surface area (Å²) in [6.45, 7) is 5.77. The number of nitrogens with zero attached hydrogens (tertiary/aromatic N) is 2. The van der Waals surface area contributed by atoms with Gasteiger partial charge < -0.3 is 10.6 Å². The fourth-order valence-electron chi connectivity index (χ4n) is 3.26. The van der Waals surface area contributed by atoms with Crippen LogP contribution in [0.25, 0.3) is 0 Å². The first kappa shape index (κ1) is 11.5. The summed E-state index contributed by atoms with van der Waals surface area (Å²) in [5, 5.41) is 0. The number of rotatable bonds is 3. The van der Waals surface area contributed by atoms with Crippen molar-refractivity contribution in [2.45, 2.75) is 44.2 Å². The molecule has 0 aromatic heterocycles. The molecule has 3 aliphatic rings. The van der Waals surface area contributed by atoms with Crippen LogP contribution in [0.3, 0.4) is 0 Å². The number of amides is 1. The van der Waals surface area contributed by atoms with Gasteiger partial charge in [-0.3, -0.25) is 9.69 Å². The lowest BCUT2D eigenvalue weighted by atomic mass is 9.84. The van der Waals surface area contributed by atoms with E-state index in [9.17, 15) is 4.79 Å². The summed E-state index contributed by atoms with van der Waals surface area (Å²) >= 11 is 0. The average molecular weight is 237 g/mol. The second kappa shape index (κ2) is 3.95. The van der Waals surface area contributed by atoms with Crippen LogP contribution in [0.5, 0.6) is 0 Å². The Bertz CT molecular complexity index is 315. The molecule has 3 fully saturated rings. The third-order valence-electron chi connectivity index (χ3n) is 4.71. The van der Waals surface area contributed by atoms with E-state index >= 15 is 0 Å². The molecule has 1 aliphatic carbocycles. The molecule has 1 atom stereocenters. The minimum Gasteiger partial charge on any atom is -0.341 e. The van der Waals surface area contributed by atoms with Crippen molar-refractivity contribution < 1.29 is 4.79 Å². The summed E-state index contributed by atoms with van der Waals surface area (Å²) in [6, 6.07) is 0.0310. The lowest BCUT2D eigenvalue weighted by molar-refractivity contribution is -0.138. The molecule has 1 saturated carbocycles. The van der Waals surface area contributed by atoms with Gasteiger partial charge in [0.1, 0.15) is 0 Å². The Labute approximate surface area is 103 Å². The first-order valence-corrected chi connectivity index (χ1v) is 6.92. The van der Waals surface area contributed by atoms with E-state index in [-0.39, 0.29) is 11.6 Å². The maximum atomic E-state index is 12.2. The molecule has 0 radical (unpaired) electrons. The highest BCUT2D eigenvalue weighted by molar-refractivity contribution is 5.81. The zero-order chi connectivity index (χ0) is 12.0. The maximum Gasteiger partial charge on any atom is 0.239 e. The number of carbonyl (C=O) groups is 1. The number of nitrogens with two attached hydrogens (primary N) is 1. The number of likely N-dealkylation sites (tertiary alicyclic amines) is 2. The van der Waals surface area contributed by atoms with Gasteiger partial charge in [0.25, 0.3) is 0 Å². The fraction of sp³-hybridized carbons (Fsp3) is 0.923. The highest BCUT2D eigenvalue weighted by Crippen LogP contribution is 2.43. The largest absolute Gasteiger partial charge is 0.341 e. The Balaban J connectivity index is 1.53. The Morgan fingerprint density at radius 2 is 1.88 bits per heavy atom. The number of hydrogen-bond donors (Lipinski definition) is 1. The Morgan fingerprint density at radius 3 is 2.41 bits per heavy atom. The molecule has 3 rings (SSSR count). The van der Waals surface area contributed by atoms with Crippen LogP contribution in [0.4, 0.5) is 0 Å². The topological polar surface area (TPSA) is 49.6 Å². The van der Waals surface area contributed by atoms with Crippen LogP contribution in [0.1, 0.15) is 32.6 Å². The SMILES string of the molecule is CC(C(=O)N1CCCC1)N1CC(N)(C2CC2)C1. The number of carbonyl (C=O) groups excluding carboxylic acids is 1. The molecule has 2 heterocycles. The zero-order valence-corrected chi connectivity index (χ0v) is 10.7. The Kier molecular flexibility index (Phi) is 2.67. The van der Waals surface area contributed by atoms with Crippen LogP contribution in [0, 0.1) is 5.92 Å². The molecule has 2 saturated heterocycles. The van der Waals surface area contributed by atoms with E-state index in [4.69, 9.17) is 5.73 Å². The first-order valence-electron chi connectivity index (χ1n) is 6.92. The molecule has 0 aromatic carbocycles. The summed E-state index contributed by atoms with van der Waals surface area (Å²) in [5.74, 6) is 1.04.